The molecule has 2 heterocycles. The Balaban J connectivity index is 1.60. The van der Waals surface area contributed by atoms with Crippen LogP contribution >= 0.6 is 0 Å². The first-order chi connectivity index (χ1) is 8.16. The molecule has 1 aliphatic heterocycles. The molecule has 5 nitrogen and oxygen atoms in total. The number of aromatic nitrogens is 2. The monoisotopic (exact) mass is 257 g/mol. The summed E-state index contributed by atoms with van der Waals surface area (Å²) in [5.74, 6) is 0.679. The van der Waals surface area contributed by atoms with Gasteiger partial charge in [0.2, 0.25) is 0 Å². The summed E-state index contributed by atoms with van der Waals surface area (Å²) in [5, 5.41) is 3.42. The van der Waals surface area contributed by atoms with Gasteiger partial charge in [-0.15, -0.1) is 0 Å². The highest BCUT2D eigenvalue weighted by Crippen LogP contribution is 2.11. The van der Waals surface area contributed by atoms with Crippen LogP contribution in [0.3, 0.4) is 0 Å². The van der Waals surface area contributed by atoms with E-state index in [0.717, 1.165) is 32.4 Å². The van der Waals surface area contributed by atoms with Crippen molar-refractivity contribution in [1.29, 1.82) is 0 Å². The number of hydrogen-bond donors (Lipinski definition) is 1. The lowest BCUT2D eigenvalue weighted by molar-refractivity contribution is 0.450. The molecule has 0 radical (unpaired) electrons. The normalized spacial score (nSPS) is 20.5. The van der Waals surface area contributed by atoms with Crippen LogP contribution in [0.25, 0.3) is 0 Å². The molecule has 1 aromatic rings. The van der Waals surface area contributed by atoms with E-state index in [2.05, 4.69) is 10.3 Å². The quantitative estimate of drug-likeness (QED) is 0.777. The predicted octanol–water partition coefficient (Wildman–Crippen LogP) is 0.440. The van der Waals surface area contributed by atoms with Gasteiger partial charge < -0.3 is 9.88 Å². The molecule has 1 saturated heterocycles. The van der Waals surface area contributed by atoms with Crippen molar-refractivity contribution in [2.45, 2.75) is 31.8 Å². The molecule has 1 N–H and O–H groups in total. The lowest BCUT2D eigenvalue weighted by atomic mass is 10.1. The van der Waals surface area contributed by atoms with Crippen LogP contribution in [-0.2, 0) is 16.4 Å². The number of imidazole rings is 1. The minimum absolute atomic E-state index is 0.339. The number of rotatable bonds is 5. The standard InChI is InChI=1S/C11H19N3O2S/c15-17(16)8-2-11(3-9-17)13-4-1-6-14-7-5-12-10-14/h5,7,10-11,13H,1-4,6,8-9H2. The minimum atomic E-state index is -2.73. The lowest BCUT2D eigenvalue weighted by Gasteiger charge is -2.23. The van der Waals surface area contributed by atoms with Gasteiger partial charge in [-0.2, -0.15) is 0 Å². The van der Waals surface area contributed by atoms with Crippen molar-refractivity contribution < 1.29 is 8.42 Å². The summed E-state index contributed by atoms with van der Waals surface area (Å²) >= 11 is 0. The van der Waals surface area contributed by atoms with Crippen LogP contribution in [0.2, 0.25) is 0 Å². The molecule has 0 unspecified atom stereocenters. The molecule has 0 aromatic carbocycles. The molecule has 1 fully saturated rings. The van der Waals surface area contributed by atoms with Gasteiger partial charge in [0.05, 0.1) is 17.8 Å². The second kappa shape index (κ2) is 5.64. The van der Waals surface area contributed by atoms with Crippen LogP contribution in [0.5, 0.6) is 0 Å². The van der Waals surface area contributed by atoms with Crippen LogP contribution in [0.15, 0.2) is 18.7 Å². The van der Waals surface area contributed by atoms with Crippen molar-refractivity contribution >= 4 is 9.84 Å². The molecule has 0 bridgehead atoms. The van der Waals surface area contributed by atoms with E-state index in [4.69, 9.17) is 0 Å². The average Bonchev–Trinajstić information content (AvgIpc) is 2.79. The minimum Gasteiger partial charge on any atom is -0.337 e. The van der Waals surface area contributed by atoms with Gasteiger partial charge in [-0.3, -0.25) is 0 Å². The molecule has 0 aliphatic carbocycles. The van der Waals surface area contributed by atoms with Crippen LogP contribution in [-0.4, -0.2) is 42.1 Å². The van der Waals surface area contributed by atoms with Crippen molar-refractivity contribution in [2.75, 3.05) is 18.1 Å². The third-order valence-electron chi connectivity index (χ3n) is 3.14. The largest absolute Gasteiger partial charge is 0.337 e. The highest BCUT2D eigenvalue weighted by Gasteiger charge is 2.22. The Morgan fingerprint density at radius 2 is 2.12 bits per heavy atom. The first kappa shape index (κ1) is 12.6. The van der Waals surface area contributed by atoms with Crippen LogP contribution in [0, 0.1) is 0 Å². The summed E-state index contributed by atoms with van der Waals surface area (Å²) in [6, 6.07) is 0.376. The highest BCUT2D eigenvalue weighted by molar-refractivity contribution is 7.91. The maximum atomic E-state index is 11.2. The lowest BCUT2D eigenvalue weighted by Crippen LogP contribution is -2.38. The smallest absolute Gasteiger partial charge is 0.150 e. The van der Waals surface area contributed by atoms with E-state index in [9.17, 15) is 8.42 Å². The molecular weight excluding hydrogens is 238 g/mol. The van der Waals surface area contributed by atoms with Crippen molar-refractivity contribution in [1.82, 2.24) is 14.9 Å². The molecule has 2 rings (SSSR count). The molecule has 1 aromatic heterocycles. The fourth-order valence-corrected chi connectivity index (χ4v) is 3.57. The summed E-state index contributed by atoms with van der Waals surface area (Å²) in [6.07, 6.45) is 8.10. The Hall–Kier alpha value is -0.880. The van der Waals surface area contributed by atoms with Gasteiger partial charge in [-0.25, -0.2) is 13.4 Å². The zero-order chi connectivity index (χ0) is 12.1. The van der Waals surface area contributed by atoms with Gasteiger partial charge in [0.1, 0.15) is 9.84 Å². The molecule has 0 spiro atoms. The Kier molecular flexibility index (Phi) is 4.17. The molecule has 1 aliphatic rings. The topological polar surface area (TPSA) is 64.0 Å². The summed E-state index contributed by atoms with van der Waals surface area (Å²) < 4.78 is 24.5. The van der Waals surface area contributed by atoms with Gasteiger partial charge in [-0.1, -0.05) is 0 Å². The van der Waals surface area contributed by atoms with Crippen molar-refractivity contribution in [3.05, 3.63) is 18.7 Å². The summed E-state index contributed by atoms with van der Waals surface area (Å²) in [5.41, 5.74) is 0. The molecule has 17 heavy (non-hydrogen) atoms. The van der Waals surface area contributed by atoms with Crippen molar-refractivity contribution in [3.8, 4) is 0 Å². The number of hydrogen-bond acceptors (Lipinski definition) is 4. The SMILES string of the molecule is O=S1(=O)CCC(NCCCn2ccnc2)CC1. The van der Waals surface area contributed by atoms with E-state index in [1.165, 1.54) is 0 Å². The third kappa shape index (κ3) is 4.12. The fraction of sp³-hybridized carbons (Fsp3) is 0.727. The Morgan fingerprint density at radius 1 is 1.35 bits per heavy atom. The summed E-state index contributed by atoms with van der Waals surface area (Å²) in [6.45, 7) is 1.89. The van der Waals surface area contributed by atoms with E-state index >= 15 is 0 Å². The molecule has 0 saturated carbocycles. The van der Waals surface area contributed by atoms with Gasteiger partial charge in [0.25, 0.3) is 0 Å². The molecule has 0 atom stereocenters. The fourth-order valence-electron chi connectivity index (χ4n) is 2.08. The molecule has 96 valence electrons. The van der Waals surface area contributed by atoms with E-state index in [-0.39, 0.29) is 0 Å². The van der Waals surface area contributed by atoms with Gasteiger partial charge in [0.15, 0.2) is 0 Å². The van der Waals surface area contributed by atoms with Crippen molar-refractivity contribution in [3.63, 3.8) is 0 Å². The van der Waals surface area contributed by atoms with Crippen LogP contribution in [0.4, 0.5) is 0 Å². The first-order valence-corrected chi connectivity index (χ1v) is 7.87. The zero-order valence-corrected chi connectivity index (χ0v) is 10.7. The van der Waals surface area contributed by atoms with E-state index < -0.39 is 9.84 Å². The number of nitrogens with zero attached hydrogens (tertiary/aromatic N) is 2. The number of sulfone groups is 1. The predicted molar refractivity (Wildman–Crippen MR) is 66.5 cm³/mol. The van der Waals surface area contributed by atoms with E-state index in [1.807, 2.05) is 17.1 Å². The average molecular weight is 257 g/mol. The van der Waals surface area contributed by atoms with Crippen LogP contribution < -0.4 is 5.32 Å². The van der Waals surface area contributed by atoms with E-state index in [1.54, 1.807) is 6.20 Å². The number of aryl methyl sites for hydroxylation is 1. The van der Waals surface area contributed by atoms with Gasteiger partial charge in [0, 0.05) is 25.0 Å². The van der Waals surface area contributed by atoms with Crippen LogP contribution in [0.1, 0.15) is 19.3 Å². The molecular formula is C11H19N3O2S. The summed E-state index contributed by atoms with van der Waals surface area (Å²) in [7, 11) is -2.73. The Morgan fingerprint density at radius 3 is 2.76 bits per heavy atom. The first-order valence-electron chi connectivity index (χ1n) is 6.05. The van der Waals surface area contributed by atoms with E-state index in [0.29, 0.717) is 17.5 Å². The maximum absolute atomic E-state index is 11.2. The second-order valence-electron chi connectivity index (χ2n) is 4.53. The Bertz CT molecular complexity index is 414. The molecule has 6 heteroatoms. The van der Waals surface area contributed by atoms with Gasteiger partial charge in [-0.05, 0) is 25.8 Å². The number of nitrogens with one attached hydrogen (secondary N) is 1. The third-order valence-corrected chi connectivity index (χ3v) is 4.86. The maximum Gasteiger partial charge on any atom is 0.150 e. The Labute approximate surface area is 102 Å². The second-order valence-corrected chi connectivity index (χ2v) is 6.84. The molecule has 0 amide bonds. The highest BCUT2D eigenvalue weighted by atomic mass is 32.2. The van der Waals surface area contributed by atoms with Crippen molar-refractivity contribution in [2.24, 2.45) is 0 Å². The summed E-state index contributed by atoms with van der Waals surface area (Å²) in [4.78, 5) is 3.98. The zero-order valence-electron chi connectivity index (χ0n) is 9.88. The van der Waals surface area contributed by atoms with Gasteiger partial charge >= 0.3 is 0 Å².